The molecule has 0 aliphatic carbocycles. The Morgan fingerprint density at radius 2 is 0.739 bits per heavy atom. The minimum absolute atomic E-state index is 0.00213. The first-order valence-corrected chi connectivity index (χ1v) is 20.5. The smallest absolute Gasteiger partial charge is 0.146 e. The molecule has 1 unspecified atom stereocenters. The van der Waals surface area contributed by atoms with E-state index in [2.05, 4.69) is 38.2 Å². The summed E-state index contributed by atoms with van der Waals surface area (Å²) in [6.07, 6.45) is 46.8. The second-order valence-electron chi connectivity index (χ2n) is 13.4. The van der Waals surface area contributed by atoms with E-state index in [9.17, 15) is 0 Å². The van der Waals surface area contributed by atoms with Gasteiger partial charge in [0, 0.05) is 19.8 Å². The maximum Gasteiger partial charge on any atom is 0.146 e. The van der Waals surface area contributed by atoms with Crippen LogP contribution in [0.15, 0.2) is 24.3 Å². The largest absolute Gasteiger partial charge is 0.379 e. The SMILES string of the molecule is CCCCCCCC/C=C\CCCCCCCCOCC(COCOCC)OCCCCCCCC/C=C\CCCCCCCC. The number of hydrogen-bond donors (Lipinski definition) is 0. The standard InChI is InChI=1S/C42H82O4/c1-4-7-9-11-13-15-17-19-21-23-25-27-29-31-33-35-37-44-39-42(40-45-41-43-6-3)46-38-36-34-32-30-28-26-24-22-20-18-16-14-12-10-8-5-2/h19-22,42H,4-18,23-41H2,1-3H3/b21-19-,22-20-. The van der Waals surface area contributed by atoms with Crippen LogP contribution in [0, 0.1) is 0 Å². The molecule has 0 saturated carbocycles. The van der Waals surface area contributed by atoms with Crippen LogP contribution in [0.2, 0.25) is 0 Å². The van der Waals surface area contributed by atoms with Crippen molar-refractivity contribution in [3.63, 3.8) is 0 Å². The van der Waals surface area contributed by atoms with Gasteiger partial charge < -0.3 is 18.9 Å². The molecule has 0 amide bonds. The summed E-state index contributed by atoms with van der Waals surface area (Å²) in [4.78, 5) is 0. The fourth-order valence-corrected chi connectivity index (χ4v) is 5.73. The molecule has 0 N–H and O–H groups in total. The predicted octanol–water partition coefficient (Wildman–Crippen LogP) is 13.5. The van der Waals surface area contributed by atoms with Crippen molar-refractivity contribution in [3.8, 4) is 0 Å². The van der Waals surface area contributed by atoms with Gasteiger partial charge in [-0.15, -0.1) is 0 Å². The lowest BCUT2D eigenvalue weighted by molar-refractivity contribution is -0.107. The van der Waals surface area contributed by atoms with Crippen LogP contribution in [-0.2, 0) is 18.9 Å². The van der Waals surface area contributed by atoms with E-state index in [0.29, 0.717) is 26.6 Å². The molecule has 0 aromatic heterocycles. The van der Waals surface area contributed by atoms with Gasteiger partial charge in [-0.1, -0.05) is 154 Å². The van der Waals surface area contributed by atoms with Gasteiger partial charge in [-0.25, -0.2) is 0 Å². The van der Waals surface area contributed by atoms with Crippen LogP contribution < -0.4 is 0 Å². The lowest BCUT2D eigenvalue weighted by Gasteiger charge is -2.18. The van der Waals surface area contributed by atoms with Crippen molar-refractivity contribution in [2.24, 2.45) is 0 Å². The van der Waals surface area contributed by atoms with Crippen molar-refractivity contribution < 1.29 is 18.9 Å². The number of ether oxygens (including phenoxy) is 4. The molecule has 0 fully saturated rings. The maximum atomic E-state index is 6.15. The Hall–Kier alpha value is -0.680. The fraction of sp³-hybridized carbons (Fsp3) is 0.905. The molecule has 0 bridgehead atoms. The molecular formula is C42H82O4. The average molecular weight is 651 g/mol. The molecule has 0 aliphatic heterocycles. The predicted molar refractivity (Wildman–Crippen MR) is 202 cm³/mol. The minimum atomic E-state index is -0.00213. The van der Waals surface area contributed by atoms with Crippen LogP contribution in [0.3, 0.4) is 0 Å². The Morgan fingerprint density at radius 3 is 1.17 bits per heavy atom. The van der Waals surface area contributed by atoms with Gasteiger partial charge in [-0.05, 0) is 71.1 Å². The third kappa shape index (κ3) is 39.5. The zero-order valence-corrected chi connectivity index (χ0v) is 31.6. The van der Waals surface area contributed by atoms with Crippen LogP contribution >= 0.6 is 0 Å². The lowest BCUT2D eigenvalue weighted by Crippen LogP contribution is -2.27. The molecule has 4 heteroatoms. The number of unbranched alkanes of at least 4 members (excludes halogenated alkanes) is 24. The van der Waals surface area contributed by atoms with E-state index in [1.165, 1.54) is 167 Å². The minimum Gasteiger partial charge on any atom is -0.379 e. The second-order valence-corrected chi connectivity index (χ2v) is 13.4. The Morgan fingerprint density at radius 1 is 0.370 bits per heavy atom. The summed E-state index contributed by atoms with van der Waals surface area (Å²) in [5.74, 6) is 0. The van der Waals surface area contributed by atoms with E-state index in [1.807, 2.05) is 6.92 Å². The summed E-state index contributed by atoms with van der Waals surface area (Å²) < 4.78 is 23.2. The summed E-state index contributed by atoms with van der Waals surface area (Å²) >= 11 is 0. The Labute approximate surface area is 289 Å². The van der Waals surface area contributed by atoms with Crippen molar-refractivity contribution >= 4 is 0 Å². The van der Waals surface area contributed by atoms with Crippen molar-refractivity contribution in [1.82, 2.24) is 0 Å². The molecule has 0 heterocycles. The zero-order chi connectivity index (χ0) is 33.3. The van der Waals surface area contributed by atoms with Crippen molar-refractivity contribution in [2.75, 3.05) is 39.8 Å². The van der Waals surface area contributed by atoms with Crippen LogP contribution in [-0.4, -0.2) is 45.9 Å². The molecule has 4 nitrogen and oxygen atoms in total. The highest BCUT2D eigenvalue weighted by atomic mass is 16.7. The molecule has 46 heavy (non-hydrogen) atoms. The molecule has 0 spiro atoms. The van der Waals surface area contributed by atoms with Crippen LogP contribution in [0.25, 0.3) is 0 Å². The van der Waals surface area contributed by atoms with Crippen LogP contribution in [0.5, 0.6) is 0 Å². The van der Waals surface area contributed by atoms with E-state index >= 15 is 0 Å². The number of allylic oxidation sites excluding steroid dienone is 4. The van der Waals surface area contributed by atoms with Gasteiger partial charge >= 0.3 is 0 Å². The summed E-state index contributed by atoms with van der Waals surface area (Å²) in [5, 5.41) is 0. The number of rotatable bonds is 40. The van der Waals surface area contributed by atoms with E-state index < -0.39 is 0 Å². The Kier molecular flexibility index (Phi) is 41.7. The van der Waals surface area contributed by atoms with E-state index in [1.54, 1.807) is 0 Å². The first-order valence-electron chi connectivity index (χ1n) is 20.5. The molecule has 0 saturated heterocycles. The van der Waals surface area contributed by atoms with Gasteiger partial charge in [0.2, 0.25) is 0 Å². The van der Waals surface area contributed by atoms with Gasteiger partial charge in [0.25, 0.3) is 0 Å². The molecule has 274 valence electrons. The third-order valence-electron chi connectivity index (χ3n) is 8.79. The molecule has 0 aromatic rings. The highest BCUT2D eigenvalue weighted by Crippen LogP contribution is 2.12. The van der Waals surface area contributed by atoms with Gasteiger partial charge in [-0.2, -0.15) is 0 Å². The molecule has 0 aromatic carbocycles. The fourth-order valence-electron chi connectivity index (χ4n) is 5.73. The summed E-state index contributed by atoms with van der Waals surface area (Å²) in [7, 11) is 0. The summed E-state index contributed by atoms with van der Waals surface area (Å²) in [6, 6.07) is 0. The zero-order valence-electron chi connectivity index (χ0n) is 31.6. The van der Waals surface area contributed by atoms with Gasteiger partial charge in [-0.3, -0.25) is 0 Å². The quantitative estimate of drug-likeness (QED) is 0.0376. The Bertz CT molecular complexity index is 590. The molecule has 0 aliphatic rings. The average Bonchev–Trinajstić information content (AvgIpc) is 3.07. The first kappa shape index (κ1) is 45.3. The van der Waals surface area contributed by atoms with Gasteiger partial charge in [0.05, 0.1) is 13.2 Å². The second kappa shape index (κ2) is 42.3. The van der Waals surface area contributed by atoms with E-state index in [0.717, 1.165) is 26.1 Å². The topological polar surface area (TPSA) is 36.9 Å². The van der Waals surface area contributed by atoms with Gasteiger partial charge in [0.15, 0.2) is 0 Å². The van der Waals surface area contributed by atoms with Crippen molar-refractivity contribution in [2.45, 2.75) is 207 Å². The van der Waals surface area contributed by atoms with E-state index in [-0.39, 0.29) is 6.10 Å². The molecular weight excluding hydrogens is 568 g/mol. The molecule has 0 rings (SSSR count). The first-order chi connectivity index (χ1) is 22.8. The highest BCUT2D eigenvalue weighted by molar-refractivity contribution is 4.82. The highest BCUT2D eigenvalue weighted by Gasteiger charge is 2.10. The summed E-state index contributed by atoms with van der Waals surface area (Å²) in [6.45, 7) is 10.3. The summed E-state index contributed by atoms with van der Waals surface area (Å²) in [5.41, 5.74) is 0. The van der Waals surface area contributed by atoms with Crippen molar-refractivity contribution in [3.05, 3.63) is 24.3 Å². The normalized spacial score (nSPS) is 12.7. The molecule has 1 atom stereocenters. The maximum absolute atomic E-state index is 6.15. The third-order valence-corrected chi connectivity index (χ3v) is 8.79. The monoisotopic (exact) mass is 651 g/mol. The van der Waals surface area contributed by atoms with Gasteiger partial charge in [0.1, 0.15) is 12.9 Å². The van der Waals surface area contributed by atoms with E-state index in [4.69, 9.17) is 18.9 Å². The van der Waals surface area contributed by atoms with Crippen LogP contribution in [0.1, 0.15) is 201 Å². The molecule has 0 radical (unpaired) electrons. The Balaban J connectivity index is 3.66. The van der Waals surface area contributed by atoms with Crippen molar-refractivity contribution in [1.29, 1.82) is 0 Å². The number of hydrogen-bond acceptors (Lipinski definition) is 4. The van der Waals surface area contributed by atoms with Crippen LogP contribution in [0.4, 0.5) is 0 Å². The lowest BCUT2D eigenvalue weighted by atomic mass is 10.1.